The van der Waals surface area contributed by atoms with E-state index in [0.717, 1.165) is 138 Å². The summed E-state index contributed by atoms with van der Waals surface area (Å²) in [5, 5.41) is 65.3. The Hall–Kier alpha value is 1.46. The molecule has 36 nitrogen and oxygen atoms in total. The van der Waals surface area contributed by atoms with Gasteiger partial charge in [-0.3, -0.25) is 0 Å². The van der Waals surface area contributed by atoms with Crippen molar-refractivity contribution in [2.24, 2.45) is 51.0 Å². The number of rotatable bonds is 54. The zero-order chi connectivity index (χ0) is 88.7. The number of hydrogen-bond donors (Lipinski definition) is 21. The summed E-state index contributed by atoms with van der Waals surface area (Å²) < 4.78 is 81.1. The molecule has 0 spiro atoms. The van der Waals surface area contributed by atoms with Crippen molar-refractivity contribution in [1.82, 2.24) is 0 Å². The average Bonchev–Trinajstić information content (AvgIpc) is 1.08. The normalized spacial score (nSPS) is 28.8. The first-order chi connectivity index (χ1) is 56.7. The van der Waals surface area contributed by atoms with Crippen LogP contribution < -0.4 is 161 Å². The third-order valence-electron chi connectivity index (χ3n) is 21.6. The average molecular weight is 2040 g/mol. The maximum atomic E-state index is 9.57. The molecule has 10 saturated heterocycles. The number of aliphatic hydroxyl groups excluding tert-OH is 7. The van der Waals surface area contributed by atoms with Gasteiger partial charge in [-0.15, -0.1) is 34.8 Å². The second kappa shape index (κ2) is 82.4. The number of quaternary nitrogens is 7. The molecule has 46 heteroatoms. The van der Waals surface area contributed by atoms with Gasteiger partial charge in [-0.25, -0.2) is 0 Å². The maximum absolute atomic E-state index is 9.57. The molecule has 0 aliphatic carbocycles. The van der Waals surface area contributed by atoms with Crippen LogP contribution in [0, 0.1) is 10.8 Å². The van der Waals surface area contributed by atoms with Gasteiger partial charge in [0, 0.05) is 41.0 Å². The Balaban J connectivity index is -0.000000341. The molecule has 0 saturated carbocycles. The third-order valence-corrected chi connectivity index (χ3v) is 22.6. The first-order valence-electron chi connectivity index (χ1n) is 44.0. The molecule has 10 heterocycles. The molecule has 13 unspecified atom stereocenters. The molecule has 126 heavy (non-hydrogen) atoms. The van der Waals surface area contributed by atoms with Gasteiger partial charge >= 0.3 is 0 Å². The number of epoxide rings is 3. The van der Waals surface area contributed by atoms with Crippen LogP contribution in [0.2, 0.25) is 0 Å². The summed E-state index contributed by atoms with van der Waals surface area (Å²) in [7, 11) is 0. The van der Waals surface area contributed by atoms with Crippen LogP contribution in [0.1, 0.15) is 95.9 Å². The standard InChI is InChI=1S/C24H47N3O6.C15H35N3O3.C12H24N2O3.C10H20N2O4.C6H16N2O.C4H12N2O2.3C3H5ClO.7ClH/c1-5-24(15-31-12-18(2)25-6-21(28)7-25,16-32-13-19(3)26-8-22(29)9-26)17-33-14-20(4)27-10-23(30)11-27;1-5-15(9-19-6-12(2)16,10-20-7-13(3)17)11-21-8-14(4)18;1-9(13-3-11(15)4-13)7-17-8-10(2)14-5-12(16)6-14;13-9-3-11(4-9)7-15-1-2-16-8-12-5-10(14)6-12;1-5(7)3-9-4-6(2)8;5-3-7-1-2-8-4-6;3*4-1-3-2-5-3;;;;;;;/h18-23,28-30H,5-17H2,1-4H3;12-14H,5-11,16-18H2,1-4H3;9-12,15-16H,3-8H2,1-2H3;9-10,13-14H,1-8H2;5-6H,3-4,7-8H2,1-2H3;1-6H2;3*3H,1-2H2;7*1H. The van der Waals surface area contributed by atoms with Crippen molar-refractivity contribution < 1.29 is 228 Å². The van der Waals surface area contributed by atoms with Crippen LogP contribution in [-0.4, -0.2) is 445 Å². The van der Waals surface area contributed by atoms with E-state index in [9.17, 15) is 25.5 Å². The molecule has 0 amide bonds. The number of aliphatic hydroxyl groups is 7. The predicted molar refractivity (Wildman–Crippen MR) is 458 cm³/mol. The molecule has 10 fully saturated rings. The molecule has 0 aromatic carbocycles. The molecule has 13 atom stereocenters. The van der Waals surface area contributed by atoms with Crippen LogP contribution in [0.15, 0.2) is 0 Å². The molecule has 28 N–H and O–H groups in total. The fourth-order valence-electron chi connectivity index (χ4n) is 12.5. The van der Waals surface area contributed by atoms with Gasteiger partial charge in [-0.05, 0) is 82.1 Å². The first-order valence-corrected chi connectivity index (χ1v) is 45.6. The highest BCUT2D eigenvalue weighted by Crippen LogP contribution is 2.26. The van der Waals surface area contributed by atoms with Crippen molar-refractivity contribution in [2.45, 2.75) is 217 Å². The van der Waals surface area contributed by atoms with Crippen LogP contribution in [0.5, 0.6) is 0 Å². The van der Waals surface area contributed by atoms with Crippen LogP contribution in [0.4, 0.5) is 0 Å². The zero-order valence-corrected chi connectivity index (χ0v) is 85.2. The smallest absolute Gasteiger partial charge is 0.181 e. The largest absolute Gasteiger partial charge is 1.00 e. The van der Waals surface area contributed by atoms with E-state index in [1.54, 1.807) is 0 Å². The van der Waals surface area contributed by atoms with E-state index in [1.807, 2.05) is 34.6 Å². The maximum Gasteiger partial charge on any atom is 0.181 e. The molecule has 768 valence electrons. The molecule has 0 aromatic rings. The van der Waals surface area contributed by atoms with E-state index in [2.05, 4.69) is 48.5 Å². The lowest BCUT2D eigenvalue weighted by Gasteiger charge is -2.39. The number of ether oxygens (including phenoxy) is 15. The Morgan fingerprint density at radius 1 is 0.294 bits per heavy atom. The summed E-state index contributed by atoms with van der Waals surface area (Å²) in [4.78, 5) is 9.68. The molecule has 0 radical (unpaired) electrons. The van der Waals surface area contributed by atoms with E-state index in [-0.39, 0.29) is 184 Å². The van der Waals surface area contributed by atoms with Crippen molar-refractivity contribution in [3.63, 3.8) is 0 Å². The minimum Gasteiger partial charge on any atom is -1.00 e. The molecule has 0 bridgehead atoms. The van der Waals surface area contributed by atoms with Gasteiger partial charge in [0.2, 0.25) is 0 Å². The Bertz CT molecular complexity index is 2160. The summed E-state index contributed by atoms with van der Waals surface area (Å²) in [5.74, 6) is 2.00. The topological polar surface area (TPSA) is 503 Å². The summed E-state index contributed by atoms with van der Waals surface area (Å²) in [6.45, 7) is 52.8. The van der Waals surface area contributed by atoms with Crippen LogP contribution in [0.25, 0.3) is 0 Å². The van der Waals surface area contributed by atoms with E-state index < -0.39 is 0 Å². The summed E-state index contributed by atoms with van der Waals surface area (Å²) >= 11 is 15.8. The SMILES string of the molecule is CC(COCC(C)[NH+]1CC(O)C1)[NH+]1CC(O)C1.CC(N)COCC(C)N.CCC(COCC(C)N)(COCC(C)N)COCC(C)N.CCC(COCC(C)[NH+]1CC(O)C1)(COCC(C)[NH+]1CC(O)C1)COCC(C)[NH+]1CC(O)C1.ClCC1CO1.ClCC1CO1.ClCC1CO1.NCOCCOCN.OC1C[NH+](COCCOC[NH+]2CC(O)C2)C1.[Cl-].[Cl-].[Cl-].[Cl-].[Cl-].[Cl-].[Cl-]. The van der Waals surface area contributed by atoms with Gasteiger partial charge in [0.1, 0.15) is 122 Å². The van der Waals surface area contributed by atoms with E-state index in [4.69, 9.17) is 156 Å². The Kier molecular flexibility index (Phi) is 90.3. The molecular formula is C80H176Cl10N14O22. The first kappa shape index (κ1) is 138. The highest BCUT2D eigenvalue weighted by Gasteiger charge is 2.41. The molecule has 0 aromatic heterocycles. The fourth-order valence-corrected chi connectivity index (χ4v) is 13.1. The second-order valence-corrected chi connectivity index (χ2v) is 36.0. The number of nitrogens with one attached hydrogen (secondary N) is 7. The lowest BCUT2D eigenvalue weighted by molar-refractivity contribution is -0.973. The van der Waals surface area contributed by atoms with Crippen molar-refractivity contribution in [2.75, 3.05) is 288 Å². The van der Waals surface area contributed by atoms with Gasteiger partial charge in [-0.2, -0.15) is 0 Å². The second-order valence-electron chi connectivity index (χ2n) is 35.1. The number of alkyl halides is 3. The van der Waals surface area contributed by atoms with E-state index in [0.29, 0.717) is 199 Å². The quantitative estimate of drug-likeness (QED) is 0.0116. The third kappa shape index (κ3) is 70.1. The number of likely N-dealkylation sites (tertiary alicyclic amines) is 7. The molecule has 10 aliphatic heterocycles. The Labute approximate surface area is 814 Å². The van der Waals surface area contributed by atoms with Crippen molar-refractivity contribution in [1.29, 1.82) is 0 Å². The summed E-state index contributed by atoms with van der Waals surface area (Å²) in [6.07, 6.45) is 2.06. The van der Waals surface area contributed by atoms with Gasteiger partial charge in [0.05, 0.1) is 201 Å². The van der Waals surface area contributed by atoms with E-state index >= 15 is 0 Å². The Morgan fingerprint density at radius 2 is 0.468 bits per heavy atom. The van der Waals surface area contributed by atoms with Gasteiger partial charge in [0.25, 0.3) is 0 Å². The van der Waals surface area contributed by atoms with Crippen molar-refractivity contribution in [3.05, 3.63) is 0 Å². The molecule has 10 rings (SSSR count). The summed E-state index contributed by atoms with van der Waals surface area (Å²) in [6, 6.07) is 2.35. The van der Waals surface area contributed by atoms with Gasteiger partial charge < -0.3 is 268 Å². The van der Waals surface area contributed by atoms with Gasteiger partial charge in [0.15, 0.2) is 56.2 Å². The number of nitrogens with two attached hydrogens (primary N) is 7. The molecular weight excluding hydrogens is 1860 g/mol. The minimum atomic E-state index is -0.198. The Morgan fingerprint density at radius 3 is 0.627 bits per heavy atom. The lowest BCUT2D eigenvalue weighted by atomic mass is 9.88. The van der Waals surface area contributed by atoms with Gasteiger partial charge in [-0.1, -0.05) is 13.8 Å². The van der Waals surface area contributed by atoms with Crippen LogP contribution >= 0.6 is 34.8 Å². The zero-order valence-electron chi connectivity index (χ0n) is 77.6. The highest BCUT2D eigenvalue weighted by atomic mass is 35.5. The number of hydrogen-bond acceptors (Lipinski definition) is 29. The van der Waals surface area contributed by atoms with E-state index in [1.165, 1.54) is 34.3 Å². The predicted octanol–water partition coefficient (Wildman–Crippen LogP) is -32.9. The van der Waals surface area contributed by atoms with Crippen molar-refractivity contribution >= 4 is 34.8 Å². The van der Waals surface area contributed by atoms with Crippen LogP contribution in [-0.2, 0) is 71.1 Å². The monoisotopic (exact) mass is 2030 g/mol. The number of halogens is 10. The molecule has 10 aliphatic rings. The lowest BCUT2D eigenvalue weighted by Crippen LogP contribution is -3.25. The highest BCUT2D eigenvalue weighted by molar-refractivity contribution is 6.18. The fraction of sp³-hybridized carbons (Fsp3) is 1.00. The van der Waals surface area contributed by atoms with Crippen LogP contribution in [0.3, 0.4) is 0 Å². The van der Waals surface area contributed by atoms with Crippen molar-refractivity contribution in [3.8, 4) is 0 Å². The summed E-state index contributed by atoms with van der Waals surface area (Å²) in [5.41, 5.74) is 37.6. The minimum absolute atomic E-state index is 0.